The maximum Gasteiger partial charge on any atom is 0.573 e. The monoisotopic (exact) mass is 426 g/mol. The number of rotatable bonds is 5. The molecule has 0 aliphatic heterocycles. The van der Waals surface area contributed by atoms with Crippen molar-refractivity contribution in [2.45, 2.75) is 37.8 Å². The molecule has 11 heteroatoms. The van der Waals surface area contributed by atoms with E-state index in [9.17, 15) is 22.7 Å². The number of anilines is 1. The highest BCUT2D eigenvalue weighted by Gasteiger charge is 2.39. The number of ether oxygens (including phenoxy) is 2. The zero-order chi connectivity index (χ0) is 21.7. The molecule has 1 saturated carbocycles. The van der Waals surface area contributed by atoms with Gasteiger partial charge in [-0.15, -0.1) is 23.4 Å². The van der Waals surface area contributed by atoms with E-state index in [0.29, 0.717) is 12.8 Å². The average Bonchev–Trinajstić information content (AvgIpc) is 3.02. The van der Waals surface area contributed by atoms with Gasteiger partial charge in [-0.05, 0) is 38.0 Å². The second kappa shape index (κ2) is 7.01. The molecule has 4 rings (SSSR count). The molecule has 3 aromatic rings. The van der Waals surface area contributed by atoms with Gasteiger partial charge >= 0.3 is 6.36 Å². The maximum absolute atomic E-state index is 14.6. The van der Waals surface area contributed by atoms with E-state index in [1.165, 1.54) is 29.8 Å². The van der Waals surface area contributed by atoms with Gasteiger partial charge in [0.2, 0.25) is 5.95 Å². The van der Waals surface area contributed by atoms with Crippen molar-refractivity contribution in [1.29, 1.82) is 0 Å². The molecule has 0 atom stereocenters. The molecule has 0 saturated heterocycles. The highest BCUT2D eigenvalue weighted by molar-refractivity contribution is 5.82. The predicted molar refractivity (Wildman–Crippen MR) is 98.9 cm³/mol. The van der Waals surface area contributed by atoms with Crippen LogP contribution in [0.2, 0.25) is 0 Å². The number of nitrogens with one attached hydrogen (secondary N) is 1. The second-order valence-electron chi connectivity index (χ2n) is 7.41. The summed E-state index contributed by atoms with van der Waals surface area (Å²) in [5, 5.41) is 21.0. The minimum Gasteiger partial charge on any atom is -0.497 e. The Hall–Kier alpha value is -3.08. The molecule has 1 aliphatic rings. The van der Waals surface area contributed by atoms with Crippen LogP contribution in [0.5, 0.6) is 11.5 Å². The molecule has 0 bridgehead atoms. The number of aliphatic hydroxyl groups is 1. The van der Waals surface area contributed by atoms with Crippen molar-refractivity contribution in [2.24, 2.45) is 0 Å². The molecule has 2 aromatic heterocycles. The third kappa shape index (κ3) is 3.84. The van der Waals surface area contributed by atoms with Gasteiger partial charge in [0, 0.05) is 23.9 Å². The van der Waals surface area contributed by atoms with Gasteiger partial charge in [-0.25, -0.2) is 4.39 Å². The minimum atomic E-state index is -4.96. The first kappa shape index (κ1) is 20.2. The summed E-state index contributed by atoms with van der Waals surface area (Å²) < 4.78 is 63.8. The quantitative estimate of drug-likeness (QED) is 0.605. The van der Waals surface area contributed by atoms with Gasteiger partial charge in [0.05, 0.1) is 12.7 Å². The van der Waals surface area contributed by atoms with Crippen LogP contribution in [-0.2, 0) is 0 Å². The number of hydrogen-bond donors (Lipinski definition) is 2. The Bertz CT molecular complexity index is 1090. The zero-order valence-electron chi connectivity index (χ0n) is 16.0. The van der Waals surface area contributed by atoms with E-state index >= 15 is 0 Å². The summed E-state index contributed by atoms with van der Waals surface area (Å²) in [6.45, 7) is 1.71. The number of nitrogens with zero attached hydrogens (tertiary/aromatic N) is 3. The van der Waals surface area contributed by atoms with E-state index in [1.807, 2.05) is 0 Å². The van der Waals surface area contributed by atoms with Crippen LogP contribution in [0, 0.1) is 5.82 Å². The van der Waals surface area contributed by atoms with Crippen molar-refractivity contribution in [3.63, 3.8) is 0 Å². The molecule has 7 nitrogen and oxygen atoms in total. The molecule has 30 heavy (non-hydrogen) atoms. The van der Waals surface area contributed by atoms with Crippen LogP contribution in [0.3, 0.4) is 0 Å². The predicted octanol–water partition coefficient (Wildman–Crippen LogP) is 3.77. The molecule has 2 N–H and O–H groups in total. The van der Waals surface area contributed by atoms with E-state index in [-0.39, 0.29) is 34.5 Å². The summed E-state index contributed by atoms with van der Waals surface area (Å²) in [6.07, 6.45) is -2.61. The lowest BCUT2D eigenvalue weighted by atomic mass is 9.77. The van der Waals surface area contributed by atoms with E-state index in [4.69, 9.17) is 4.74 Å². The largest absolute Gasteiger partial charge is 0.573 e. The first-order valence-electron chi connectivity index (χ1n) is 9.03. The van der Waals surface area contributed by atoms with Gasteiger partial charge in [0.1, 0.15) is 22.7 Å². The van der Waals surface area contributed by atoms with Crippen molar-refractivity contribution in [1.82, 2.24) is 14.6 Å². The highest BCUT2D eigenvalue weighted by Crippen LogP contribution is 2.39. The van der Waals surface area contributed by atoms with E-state index in [1.54, 1.807) is 6.92 Å². The maximum atomic E-state index is 14.6. The normalized spacial score (nSPS) is 21.4. The van der Waals surface area contributed by atoms with Crippen LogP contribution < -0.4 is 14.8 Å². The van der Waals surface area contributed by atoms with Gasteiger partial charge in [0.25, 0.3) is 0 Å². The Labute approximate surface area is 168 Å². The molecular formula is C19H18F4N4O3. The summed E-state index contributed by atoms with van der Waals surface area (Å²) >= 11 is 0. The minimum absolute atomic E-state index is 0.0595. The van der Waals surface area contributed by atoms with Crippen molar-refractivity contribution in [3.05, 3.63) is 36.3 Å². The van der Waals surface area contributed by atoms with Crippen LogP contribution in [0.25, 0.3) is 16.8 Å². The van der Waals surface area contributed by atoms with Gasteiger partial charge in [0.15, 0.2) is 5.82 Å². The molecule has 2 heterocycles. The van der Waals surface area contributed by atoms with Gasteiger partial charge in [-0.1, -0.05) is 0 Å². The Balaban J connectivity index is 1.79. The summed E-state index contributed by atoms with van der Waals surface area (Å²) in [4.78, 5) is 0. The Morgan fingerprint density at radius 1 is 1.23 bits per heavy atom. The Morgan fingerprint density at radius 2 is 1.97 bits per heavy atom. The zero-order valence-corrected chi connectivity index (χ0v) is 16.0. The third-order valence-corrected chi connectivity index (χ3v) is 4.91. The Kier molecular flexibility index (Phi) is 4.72. The Morgan fingerprint density at radius 3 is 2.60 bits per heavy atom. The van der Waals surface area contributed by atoms with Gasteiger partial charge < -0.3 is 19.9 Å². The highest BCUT2D eigenvalue weighted by atomic mass is 19.4. The fourth-order valence-electron chi connectivity index (χ4n) is 3.61. The number of benzene rings is 1. The summed E-state index contributed by atoms with van der Waals surface area (Å²) in [5.74, 6) is -0.926. The van der Waals surface area contributed by atoms with Gasteiger partial charge in [-0.3, -0.25) is 4.40 Å². The molecule has 0 spiro atoms. The molecule has 160 valence electrons. The van der Waals surface area contributed by atoms with E-state index in [2.05, 4.69) is 20.3 Å². The van der Waals surface area contributed by atoms with Crippen molar-refractivity contribution < 1.29 is 32.1 Å². The number of hydrogen-bond acceptors (Lipinski definition) is 6. The topological polar surface area (TPSA) is 80.9 Å². The number of alkyl halides is 3. The lowest BCUT2D eigenvalue weighted by Crippen LogP contribution is -2.48. The fourth-order valence-corrected chi connectivity index (χ4v) is 3.61. The molecule has 0 radical (unpaired) electrons. The lowest BCUT2D eigenvalue weighted by Gasteiger charge is -2.41. The van der Waals surface area contributed by atoms with Gasteiger partial charge in [-0.2, -0.15) is 0 Å². The fraction of sp³-hybridized carbons (Fsp3) is 0.368. The summed E-state index contributed by atoms with van der Waals surface area (Å²) in [7, 11) is 1.30. The molecular weight excluding hydrogens is 408 g/mol. The molecule has 0 unspecified atom stereocenters. The van der Waals surface area contributed by atoms with Crippen LogP contribution in [0.15, 0.2) is 30.5 Å². The molecule has 0 amide bonds. The number of aromatic nitrogens is 3. The number of fused-ring (bicyclic) bond motifs is 1. The first-order chi connectivity index (χ1) is 14.1. The summed E-state index contributed by atoms with van der Waals surface area (Å²) in [5.41, 5.74) is -1.05. The SMILES string of the molecule is COc1ccc(-c2nnc(NC3CC(C)(O)C3)n3ccc(F)c23)c(OC(F)(F)F)c1. The number of halogens is 4. The summed E-state index contributed by atoms with van der Waals surface area (Å²) in [6, 6.07) is 4.84. The van der Waals surface area contributed by atoms with Crippen LogP contribution in [0.4, 0.5) is 23.5 Å². The average molecular weight is 426 g/mol. The van der Waals surface area contributed by atoms with Crippen LogP contribution in [0.1, 0.15) is 19.8 Å². The lowest BCUT2D eigenvalue weighted by molar-refractivity contribution is -0.274. The standard InChI is InChI=1S/C19H18F4N4O3/c1-18(28)8-10(9-18)24-17-26-25-15(16-13(20)5-6-27(16)17)12-4-3-11(29-2)7-14(12)30-19(21,22)23/h3-7,10,28H,8-9H2,1-2H3,(H,24,26). The van der Waals surface area contributed by atoms with E-state index < -0.39 is 23.5 Å². The number of methoxy groups -OCH3 is 1. The molecule has 1 fully saturated rings. The van der Waals surface area contributed by atoms with Crippen LogP contribution in [-0.4, -0.2) is 44.8 Å². The van der Waals surface area contributed by atoms with Crippen molar-refractivity contribution in [3.8, 4) is 22.8 Å². The first-order valence-corrected chi connectivity index (χ1v) is 9.03. The smallest absolute Gasteiger partial charge is 0.497 e. The van der Waals surface area contributed by atoms with Crippen molar-refractivity contribution in [2.75, 3.05) is 12.4 Å². The molecule has 1 aromatic carbocycles. The van der Waals surface area contributed by atoms with E-state index in [0.717, 1.165) is 12.1 Å². The third-order valence-electron chi connectivity index (χ3n) is 4.91. The second-order valence-corrected chi connectivity index (χ2v) is 7.41. The van der Waals surface area contributed by atoms with Crippen LogP contribution >= 0.6 is 0 Å². The van der Waals surface area contributed by atoms with Crippen molar-refractivity contribution >= 4 is 11.5 Å². The molecule has 1 aliphatic carbocycles.